The first-order chi connectivity index (χ1) is 13.2. The standard InChI is InChI=1S/C22H23NO4/c1-2-26-21(24)13-8-14-23-15-19(18-11-6-7-12-20(18)23)22(25)27-16-17-9-4-3-5-10-17/h3-7,9-12,15H,2,8,13-14,16H2,1H3. The van der Waals surface area contributed by atoms with E-state index in [4.69, 9.17) is 9.47 Å². The number of carbonyl (C=O) groups excluding carboxylic acids is 2. The SMILES string of the molecule is CCOC(=O)CCCn1cc(C(=O)OCc2ccccc2)c2ccccc21. The van der Waals surface area contributed by atoms with E-state index >= 15 is 0 Å². The Morgan fingerprint density at radius 3 is 2.48 bits per heavy atom. The van der Waals surface area contributed by atoms with Gasteiger partial charge >= 0.3 is 11.9 Å². The van der Waals surface area contributed by atoms with Crippen molar-refractivity contribution in [1.82, 2.24) is 4.57 Å². The summed E-state index contributed by atoms with van der Waals surface area (Å²) in [6.45, 7) is 3.06. The van der Waals surface area contributed by atoms with Gasteiger partial charge in [-0.15, -0.1) is 0 Å². The van der Waals surface area contributed by atoms with Crippen molar-refractivity contribution >= 4 is 22.8 Å². The number of esters is 2. The topological polar surface area (TPSA) is 57.5 Å². The molecule has 1 aromatic heterocycles. The lowest BCUT2D eigenvalue weighted by atomic mass is 10.2. The highest BCUT2D eigenvalue weighted by molar-refractivity contribution is 6.04. The van der Waals surface area contributed by atoms with Gasteiger partial charge < -0.3 is 14.0 Å². The molecular formula is C22H23NO4. The number of fused-ring (bicyclic) bond motifs is 1. The summed E-state index contributed by atoms with van der Waals surface area (Å²) in [5.74, 6) is -0.546. The van der Waals surface area contributed by atoms with Crippen LogP contribution in [0.2, 0.25) is 0 Å². The van der Waals surface area contributed by atoms with E-state index in [-0.39, 0.29) is 18.5 Å². The molecule has 3 rings (SSSR count). The minimum absolute atomic E-state index is 0.198. The zero-order chi connectivity index (χ0) is 19.1. The lowest BCUT2D eigenvalue weighted by molar-refractivity contribution is -0.143. The number of benzene rings is 2. The first-order valence-electron chi connectivity index (χ1n) is 9.13. The van der Waals surface area contributed by atoms with Crippen LogP contribution in [0.4, 0.5) is 0 Å². The van der Waals surface area contributed by atoms with Crippen molar-refractivity contribution in [3.05, 3.63) is 71.9 Å². The molecule has 0 radical (unpaired) electrons. The lowest BCUT2D eigenvalue weighted by Crippen LogP contribution is -2.06. The molecular weight excluding hydrogens is 342 g/mol. The molecule has 0 saturated carbocycles. The number of rotatable bonds is 8. The molecule has 0 bridgehead atoms. The van der Waals surface area contributed by atoms with Gasteiger partial charge in [0, 0.05) is 30.1 Å². The van der Waals surface area contributed by atoms with Crippen LogP contribution in [0.1, 0.15) is 35.7 Å². The van der Waals surface area contributed by atoms with Crippen molar-refractivity contribution < 1.29 is 19.1 Å². The van der Waals surface area contributed by atoms with Gasteiger partial charge in [-0.25, -0.2) is 4.79 Å². The van der Waals surface area contributed by atoms with Gasteiger partial charge in [-0.3, -0.25) is 4.79 Å². The molecule has 0 fully saturated rings. The number of hydrogen-bond donors (Lipinski definition) is 0. The monoisotopic (exact) mass is 365 g/mol. The van der Waals surface area contributed by atoms with Gasteiger partial charge in [0.1, 0.15) is 6.61 Å². The fourth-order valence-corrected chi connectivity index (χ4v) is 3.02. The van der Waals surface area contributed by atoms with Crippen molar-refractivity contribution in [2.24, 2.45) is 0 Å². The maximum absolute atomic E-state index is 12.6. The molecule has 0 saturated heterocycles. The van der Waals surface area contributed by atoms with Crippen molar-refractivity contribution in [2.45, 2.75) is 32.9 Å². The molecule has 0 amide bonds. The quantitative estimate of drug-likeness (QED) is 0.557. The molecule has 1 heterocycles. The summed E-state index contributed by atoms with van der Waals surface area (Å²) >= 11 is 0. The van der Waals surface area contributed by atoms with Gasteiger partial charge in [0.15, 0.2) is 0 Å². The van der Waals surface area contributed by atoms with Gasteiger partial charge in [0.05, 0.1) is 12.2 Å². The average Bonchev–Trinajstić information content (AvgIpc) is 3.06. The molecule has 5 heteroatoms. The van der Waals surface area contributed by atoms with Crippen LogP contribution in [-0.4, -0.2) is 23.1 Å². The Bertz CT molecular complexity index is 914. The third-order valence-corrected chi connectivity index (χ3v) is 4.31. The lowest BCUT2D eigenvalue weighted by Gasteiger charge is -2.05. The zero-order valence-electron chi connectivity index (χ0n) is 15.4. The molecule has 2 aromatic carbocycles. The zero-order valence-corrected chi connectivity index (χ0v) is 15.4. The Hall–Kier alpha value is -3.08. The normalized spacial score (nSPS) is 10.7. The van der Waals surface area contributed by atoms with E-state index in [1.165, 1.54) is 0 Å². The second kappa shape index (κ2) is 9.03. The van der Waals surface area contributed by atoms with Crippen molar-refractivity contribution in [3.8, 4) is 0 Å². The van der Waals surface area contributed by atoms with Gasteiger partial charge in [-0.1, -0.05) is 48.5 Å². The average molecular weight is 365 g/mol. The number of ether oxygens (including phenoxy) is 2. The van der Waals surface area contributed by atoms with Crippen LogP contribution in [0, 0.1) is 0 Å². The smallest absolute Gasteiger partial charge is 0.340 e. The summed E-state index contributed by atoms with van der Waals surface area (Å²) in [6.07, 6.45) is 2.81. The number of aromatic nitrogens is 1. The first kappa shape index (κ1) is 18.7. The van der Waals surface area contributed by atoms with Crippen LogP contribution in [0.25, 0.3) is 10.9 Å². The Kier molecular flexibility index (Phi) is 6.26. The fraction of sp³-hybridized carbons (Fsp3) is 0.273. The molecule has 3 aromatic rings. The molecule has 140 valence electrons. The van der Waals surface area contributed by atoms with Gasteiger partial charge in [0.25, 0.3) is 0 Å². The Morgan fingerprint density at radius 2 is 1.70 bits per heavy atom. The van der Waals surface area contributed by atoms with E-state index < -0.39 is 0 Å². The Morgan fingerprint density at radius 1 is 0.963 bits per heavy atom. The summed E-state index contributed by atoms with van der Waals surface area (Å²) in [5.41, 5.74) is 2.44. The molecule has 0 unspecified atom stereocenters. The summed E-state index contributed by atoms with van der Waals surface area (Å²) in [7, 11) is 0. The molecule has 0 aliphatic rings. The van der Waals surface area contributed by atoms with Crippen LogP contribution >= 0.6 is 0 Å². The number of hydrogen-bond acceptors (Lipinski definition) is 4. The maximum atomic E-state index is 12.6. The van der Waals surface area contributed by atoms with Gasteiger partial charge in [-0.2, -0.15) is 0 Å². The van der Waals surface area contributed by atoms with E-state index in [9.17, 15) is 9.59 Å². The number of para-hydroxylation sites is 1. The van der Waals surface area contributed by atoms with Gasteiger partial charge in [-0.05, 0) is 25.0 Å². The van der Waals surface area contributed by atoms with E-state index in [1.54, 1.807) is 6.92 Å². The minimum Gasteiger partial charge on any atom is -0.466 e. The number of nitrogens with zero attached hydrogens (tertiary/aromatic N) is 1. The van der Waals surface area contributed by atoms with E-state index in [0.29, 0.717) is 31.6 Å². The summed E-state index contributed by atoms with van der Waals surface area (Å²) in [4.78, 5) is 24.1. The first-order valence-corrected chi connectivity index (χ1v) is 9.13. The van der Waals surface area contributed by atoms with Crippen LogP contribution in [0.15, 0.2) is 60.8 Å². The molecule has 0 aliphatic heterocycles. The van der Waals surface area contributed by atoms with E-state index in [1.807, 2.05) is 65.4 Å². The number of carbonyl (C=O) groups is 2. The summed E-state index contributed by atoms with van der Waals surface area (Å²) in [5, 5.41) is 0.853. The second-order valence-electron chi connectivity index (χ2n) is 6.22. The molecule has 5 nitrogen and oxygen atoms in total. The van der Waals surface area contributed by atoms with Gasteiger partial charge in [0.2, 0.25) is 0 Å². The summed E-state index contributed by atoms with van der Waals surface area (Å²) in [6, 6.07) is 17.3. The highest BCUT2D eigenvalue weighted by Gasteiger charge is 2.16. The van der Waals surface area contributed by atoms with E-state index in [2.05, 4.69) is 0 Å². The molecule has 0 aliphatic carbocycles. The fourth-order valence-electron chi connectivity index (χ4n) is 3.02. The molecule has 0 atom stereocenters. The predicted octanol–water partition coefficient (Wildman–Crippen LogP) is 4.34. The largest absolute Gasteiger partial charge is 0.466 e. The Balaban J connectivity index is 1.71. The third kappa shape index (κ3) is 4.76. The van der Waals surface area contributed by atoms with Crippen LogP contribution in [-0.2, 0) is 27.4 Å². The highest BCUT2D eigenvalue weighted by Crippen LogP contribution is 2.23. The predicted molar refractivity (Wildman–Crippen MR) is 103 cm³/mol. The summed E-state index contributed by atoms with van der Waals surface area (Å²) < 4.78 is 12.4. The van der Waals surface area contributed by atoms with Crippen LogP contribution in [0.5, 0.6) is 0 Å². The second-order valence-corrected chi connectivity index (χ2v) is 6.22. The van der Waals surface area contributed by atoms with Crippen molar-refractivity contribution in [2.75, 3.05) is 6.61 Å². The molecule has 27 heavy (non-hydrogen) atoms. The maximum Gasteiger partial charge on any atom is 0.340 e. The van der Waals surface area contributed by atoms with Crippen molar-refractivity contribution in [1.29, 1.82) is 0 Å². The minimum atomic E-state index is -0.348. The molecule has 0 N–H and O–H groups in total. The van der Waals surface area contributed by atoms with Crippen LogP contribution < -0.4 is 0 Å². The highest BCUT2D eigenvalue weighted by atomic mass is 16.5. The number of aryl methyl sites for hydroxylation is 1. The van der Waals surface area contributed by atoms with E-state index in [0.717, 1.165) is 16.5 Å². The van der Waals surface area contributed by atoms with Crippen LogP contribution in [0.3, 0.4) is 0 Å². The third-order valence-electron chi connectivity index (χ3n) is 4.31. The van der Waals surface area contributed by atoms with Crippen molar-refractivity contribution in [3.63, 3.8) is 0 Å². The molecule has 0 spiro atoms. The Labute approximate surface area is 158 Å².